The highest BCUT2D eigenvalue weighted by Crippen LogP contribution is 2.36. The number of nitrogens with zero attached hydrogens (tertiary/aromatic N) is 2. The normalized spacial score (nSPS) is 18.4. The molecule has 78 valence electrons. The lowest BCUT2D eigenvalue weighted by atomic mass is 10.1. The molecule has 1 aromatic rings. The minimum absolute atomic E-state index is 1.00. The van der Waals surface area contributed by atoms with E-state index in [-0.39, 0.29) is 0 Å². The van der Waals surface area contributed by atoms with Gasteiger partial charge in [0, 0.05) is 16.2 Å². The van der Waals surface area contributed by atoms with Gasteiger partial charge in [0.25, 0.3) is 0 Å². The first-order valence-electron chi connectivity index (χ1n) is 5.15. The summed E-state index contributed by atoms with van der Waals surface area (Å²) in [5, 5.41) is 8.28. The Balaban J connectivity index is 2.04. The SMILES string of the molecule is C1=C2N=NC=C(c3ccccc3)C=C2SC1. The Morgan fingerprint density at radius 2 is 2.00 bits per heavy atom. The first-order chi connectivity index (χ1) is 7.93. The highest BCUT2D eigenvalue weighted by atomic mass is 32.2. The van der Waals surface area contributed by atoms with Gasteiger partial charge in [0.05, 0.1) is 11.9 Å². The van der Waals surface area contributed by atoms with E-state index in [1.54, 1.807) is 0 Å². The fourth-order valence-corrected chi connectivity index (χ4v) is 2.61. The molecule has 0 saturated heterocycles. The van der Waals surface area contributed by atoms with Crippen molar-refractivity contribution in [3.63, 3.8) is 0 Å². The van der Waals surface area contributed by atoms with Crippen LogP contribution in [0.25, 0.3) is 5.57 Å². The molecule has 0 radical (unpaired) electrons. The topological polar surface area (TPSA) is 24.7 Å². The fourth-order valence-electron chi connectivity index (χ4n) is 1.71. The van der Waals surface area contributed by atoms with Crippen LogP contribution in [0.4, 0.5) is 0 Å². The van der Waals surface area contributed by atoms with Crippen LogP contribution in [-0.2, 0) is 0 Å². The average molecular weight is 226 g/mol. The third-order valence-corrected chi connectivity index (χ3v) is 3.50. The second-order valence-corrected chi connectivity index (χ2v) is 4.64. The Bertz CT molecular complexity index is 524. The number of hydrogen-bond acceptors (Lipinski definition) is 3. The minimum atomic E-state index is 1.00. The first-order valence-corrected chi connectivity index (χ1v) is 6.13. The zero-order valence-electron chi connectivity index (χ0n) is 8.63. The number of benzene rings is 1. The zero-order chi connectivity index (χ0) is 10.8. The smallest absolute Gasteiger partial charge is 0.0961 e. The predicted octanol–water partition coefficient (Wildman–Crippen LogP) is 4.01. The van der Waals surface area contributed by atoms with Gasteiger partial charge in [0.2, 0.25) is 0 Å². The van der Waals surface area contributed by atoms with Crippen LogP contribution < -0.4 is 0 Å². The highest BCUT2D eigenvalue weighted by molar-refractivity contribution is 8.03. The van der Waals surface area contributed by atoms with Crippen LogP contribution in [0.1, 0.15) is 5.56 Å². The molecule has 3 heteroatoms. The monoisotopic (exact) mass is 226 g/mol. The summed E-state index contributed by atoms with van der Waals surface area (Å²) in [6.45, 7) is 0. The molecule has 16 heavy (non-hydrogen) atoms. The Kier molecular flexibility index (Phi) is 2.46. The van der Waals surface area contributed by atoms with Crippen molar-refractivity contribution < 1.29 is 0 Å². The largest absolute Gasteiger partial charge is 0.158 e. The lowest BCUT2D eigenvalue weighted by Gasteiger charge is -2.01. The van der Waals surface area contributed by atoms with Gasteiger partial charge in [-0.15, -0.1) is 11.8 Å². The second kappa shape index (κ2) is 4.10. The van der Waals surface area contributed by atoms with E-state index in [0.29, 0.717) is 0 Å². The summed E-state index contributed by atoms with van der Waals surface area (Å²) in [5.74, 6) is 1.00. The molecule has 0 aliphatic carbocycles. The van der Waals surface area contributed by atoms with Crippen molar-refractivity contribution in [2.75, 3.05) is 5.75 Å². The van der Waals surface area contributed by atoms with Crippen molar-refractivity contribution in [1.29, 1.82) is 0 Å². The lowest BCUT2D eigenvalue weighted by Crippen LogP contribution is -1.80. The van der Waals surface area contributed by atoms with E-state index in [2.05, 4.69) is 34.5 Å². The van der Waals surface area contributed by atoms with Crippen LogP contribution in [0, 0.1) is 0 Å². The van der Waals surface area contributed by atoms with Crippen molar-refractivity contribution in [2.45, 2.75) is 0 Å². The van der Waals surface area contributed by atoms with Crippen LogP contribution >= 0.6 is 11.8 Å². The molecule has 0 atom stereocenters. The van der Waals surface area contributed by atoms with E-state index in [4.69, 9.17) is 0 Å². The highest BCUT2D eigenvalue weighted by Gasteiger charge is 2.14. The summed E-state index contributed by atoms with van der Waals surface area (Å²) in [5.41, 5.74) is 3.31. The van der Waals surface area contributed by atoms with Crippen molar-refractivity contribution in [1.82, 2.24) is 0 Å². The van der Waals surface area contributed by atoms with Crippen LogP contribution in [0.2, 0.25) is 0 Å². The summed E-state index contributed by atoms with van der Waals surface area (Å²) in [6.07, 6.45) is 6.10. The van der Waals surface area contributed by atoms with Crippen molar-refractivity contribution in [3.05, 3.63) is 64.8 Å². The van der Waals surface area contributed by atoms with Crippen LogP contribution in [0.3, 0.4) is 0 Å². The van der Waals surface area contributed by atoms with Gasteiger partial charge in [-0.3, -0.25) is 0 Å². The molecule has 0 fully saturated rings. The molecule has 1 aromatic carbocycles. The van der Waals surface area contributed by atoms with Crippen molar-refractivity contribution in [2.24, 2.45) is 10.2 Å². The molecule has 0 aromatic heterocycles. The van der Waals surface area contributed by atoms with Gasteiger partial charge in [0.1, 0.15) is 0 Å². The Hall–Kier alpha value is -1.61. The summed E-state index contributed by atoms with van der Waals surface area (Å²) in [4.78, 5) is 1.22. The molecular formula is C13H10N2S. The van der Waals surface area contributed by atoms with E-state index >= 15 is 0 Å². The van der Waals surface area contributed by atoms with E-state index in [1.807, 2.05) is 36.2 Å². The first kappa shape index (κ1) is 9.60. The number of rotatable bonds is 1. The summed E-state index contributed by atoms with van der Waals surface area (Å²) < 4.78 is 0. The molecule has 0 unspecified atom stereocenters. The fraction of sp³-hybridized carbons (Fsp3) is 0.0769. The summed E-state index contributed by atoms with van der Waals surface area (Å²) in [6, 6.07) is 10.3. The maximum Gasteiger partial charge on any atom is 0.0961 e. The standard InChI is InChI=1S/C13H10N2S/c1-2-4-10(5-3-1)11-8-13-12(6-7-16-13)15-14-9-11/h1-6,8-9H,7H2. The summed E-state index contributed by atoms with van der Waals surface area (Å²) >= 11 is 1.81. The van der Waals surface area contributed by atoms with Gasteiger partial charge in [0.15, 0.2) is 0 Å². The van der Waals surface area contributed by atoms with Crippen LogP contribution in [0.15, 0.2) is 69.5 Å². The molecule has 0 amide bonds. The van der Waals surface area contributed by atoms with Gasteiger partial charge >= 0.3 is 0 Å². The average Bonchev–Trinajstić information content (AvgIpc) is 2.68. The minimum Gasteiger partial charge on any atom is -0.158 e. The number of fused-ring (bicyclic) bond motifs is 1. The van der Waals surface area contributed by atoms with Gasteiger partial charge in [-0.1, -0.05) is 30.3 Å². The van der Waals surface area contributed by atoms with E-state index in [0.717, 1.165) is 17.0 Å². The molecule has 0 N–H and O–H groups in total. The molecule has 2 nitrogen and oxygen atoms in total. The maximum absolute atomic E-state index is 4.18. The number of hydrogen-bond donors (Lipinski definition) is 0. The second-order valence-electron chi connectivity index (χ2n) is 3.57. The van der Waals surface area contributed by atoms with Gasteiger partial charge in [-0.2, -0.15) is 10.2 Å². The van der Waals surface area contributed by atoms with E-state index in [9.17, 15) is 0 Å². The summed E-state index contributed by atoms with van der Waals surface area (Å²) in [7, 11) is 0. The lowest BCUT2D eigenvalue weighted by molar-refractivity contribution is 1.17. The molecule has 2 aliphatic heterocycles. The third-order valence-electron chi connectivity index (χ3n) is 2.52. The van der Waals surface area contributed by atoms with Crippen molar-refractivity contribution in [3.8, 4) is 0 Å². The molecule has 2 aliphatic rings. The van der Waals surface area contributed by atoms with Crippen molar-refractivity contribution >= 4 is 17.3 Å². The quantitative estimate of drug-likeness (QED) is 0.710. The maximum atomic E-state index is 4.18. The van der Waals surface area contributed by atoms with Crippen LogP contribution in [-0.4, -0.2) is 5.75 Å². The van der Waals surface area contributed by atoms with E-state index < -0.39 is 0 Å². The molecule has 0 bridgehead atoms. The molecular weight excluding hydrogens is 216 g/mol. The number of azo groups is 1. The van der Waals surface area contributed by atoms with Gasteiger partial charge < -0.3 is 0 Å². The Morgan fingerprint density at radius 1 is 1.12 bits per heavy atom. The molecule has 3 rings (SSSR count). The van der Waals surface area contributed by atoms with E-state index in [1.165, 1.54) is 10.5 Å². The number of allylic oxidation sites excluding steroid dienone is 2. The zero-order valence-corrected chi connectivity index (χ0v) is 9.45. The number of thioether (sulfide) groups is 1. The Labute approximate surface area is 98.5 Å². The molecule has 2 heterocycles. The predicted molar refractivity (Wildman–Crippen MR) is 67.9 cm³/mol. The molecule has 0 spiro atoms. The van der Waals surface area contributed by atoms with Crippen LogP contribution in [0.5, 0.6) is 0 Å². The third kappa shape index (κ3) is 1.74. The molecule has 0 saturated carbocycles. The van der Waals surface area contributed by atoms with Gasteiger partial charge in [-0.05, 0) is 17.7 Å². The Morgan fingerprint density at radius 3 is 2.88 bits per heavy atom. The van der Waals surface area contributed by atoms with Gasteiger partial charge in [-0.25, -0.2) is 0 Å².